The van der Waals surface area contributed by atoms with Gasteiger partial charge in [-0.05, 0) is 25.1 Å². The zero-order valence-electron chi connectivity index (χ0n) is 12.2. The highest BCUT2D eigenvalue weighted by molar-refractivity contribution is 6.15. The summed E-state index contributed by atoms with van der Waals surface area (Å²) >= 11 is 0. The molecule has 1 aliphatic rings. The molecule has 0 aliphatic carbocycles. The molecule has 1 unspecified atom stereocenters. The lowest BCUT2D eigenvalue weighted by atomic mass is 9.91. The molecule has 0 spiro atoms. The van der Waals surface area contributed by atoms with Gasteiger partial charge in [-0.3, -0.25) is 9.59 Å². The van der Waals surface area contributed by atoms with Gasteiger partial charge in [0.1, 0.15) is 13.2 Å². The predicted molar refractivity (Wildman–Crippen MR) is 81.7 cm³/mol. The van der Waals surface area contributed by atoms with Gasteiger partial charge in [-0.25, -0.2) is 0 Å². The SMILES string of the molecule is CC(C(=O)c1ccccc1)C(=O)c1ccc2c(c1)OCCO2. The van der Waals surface area contributed by atoms with Gasteiger partial charge < -0.3 is 9.47 Å². The maximum absolute atomic E-state index is 12.5. The van der Waals surface area contributed by atoms with Gasteiger partial charge in [-0.1, -0.05) is 30.3 Å². The second kappa shape index (κ2) is 6.02. The highest BCUT2D eigenvalue weighted by Crippen LogP contribution is 2.31. The molecule has 0 radical (unpaired) electrons. The largest absolute Gasteiger partial charge is 0.486 e. The van der Waals surface area contributed by atoms with Crippen molar-refractivity contribution in [1.29, 1.82) is 0 Å². The molecule has 4 nitrogen and oxygen atoms in total. The summed E-state index contributed by atoms with van der Waals surface area (Å²) in [4.78, 5) is 24.9. The molecule has 0 bridgehead atoms. The molecule has 2 aromatic rings. The molecule has 0 fully saturated rings. The van der Waals surface area contributed by atoms with E-state index in [1.807, 2.05) is 6.07 Å². The maximum Gasteiger partial charge on any atom is 0.173 e. The van der Waals surface area contributed by atoms with E-state index in [1.165, 1.54) is 0 Å². The van der Waals surface area contributed by atoms with Crippen LogP contribution >= 0.6 is 0 Å². The number of carbonyl (C=O) groups excluding carboxylic acids is 2. The third kappa shape index (κ3) is 2.72. The monoisotopic (exact) mass is 296 g/mol. The van der Waals surface area contributed by atoms with E-state index in [4.69, 9.17) is 9.47 Å². The average Bonchev–Trinajstić information content (AvgIpc) is 2.60. The normalized spacial score (nSPS) is 14.2. The molecular formula is C18H16O4. The van der Waals surface area contributed by atoms with Crippen LogP contribution in [0.1, 0.15) is 27.6 Å². The van der Waals surface area contributed by atoms with Crippen LogP contribution in [0, 0.1) is 5.92 Å². The summed E-state index contributed by atoms with van der Waals surface area (Å²) in [6.07, 6.45) is 0. The molecule has 3 rings (SSSR count). The summed E-state index contributed by atoms with van der Waals surface area (Å²) in [5.74, 6) is 0.0533. The topological polar surface area (TPSA) is 52.6 Å². The maximum atomic E-state index is 12.5. The van der Waals surface area contributed by atoms with Gasteiger partial charge in [0.2, 0.25) is 0 Å². The number of Topliss-reactive ketones (excluding diaryl/α,β-unsaturated/α-hetero) is 2. The van der Waals surface area contributed by atoms with Crippen molar-refractivity contribution < 1.29 is 19.1 Å². The Balaban J connectivity index is 1.83. The molecule has 0 N–H and O–H groups in total. The molecule has 1 aliphatic heterocycles. The summed E-state index contributed by atoms with van der Waals surface area (Å²) in [5, 5.41) is 0. The lowest BCUT2D eigenvalue weighted by Gasteiger charge is -2.19. The first-order valence-electron chi connectivity index (χ1n) is 7.20. The third-order valence-corrected chi connectivity index (χ3v) is 3.67. The summed E-state index contributed by atoms with van der Waals surface area (Å²) < 4.78 is 10.9. The van der Waals surface area contributed by atoms with Crippen LogP contribution in [0.15, 0.2) is 48.5 Å². The van der Waals surface area contributed by atoms with Crippen LogP contribution < -0.4 is 9.47 Å². The fourth-order valence-corrected chi connectivity index (χ4v) is 2.42. The highest BCUT2D eigenvalue weighted by atomic mass is 16.6. The predicted octanol–water partition coefficient (Wildman–Crippen LogP) is 3.16. The van der Waals surface area contributed by atoms with Crippen LogP contribution in [-0.4, -0.2) is 24.8 Å². The first kappa shape index (κ1) is 14.3. The number of rotatable bonds is 4. The highest BCUT2D eigenvalue weighted by Gasteiger charge is 2.25. The Kier molecular flexibility index (Phi) is 3.92. The number of fused-ring (bicyclic) bond motifs is 1. The average molecular weight is 296 g/mol. The second-order valence-electron chi connectivity index (χ2n) is 5.17. The molecule has 22 heavy (non-hydrogen) atoms. The van der Waals surface area contributed by atoms with Crippen molar-refractivity contribution in [2.24, 2.45) is 5.92 Å². The van der Waals surface area contributed by atoms with E-state index in [9.17, 15) is 9.59 Å². The Morgan fingerprint density at radius 1 is 0.864 bits per heavy atom. The van der Waals surface area contributed by atoms with Crippen molar-refractivity contribution in [3.05, 3.63) is 59.7 Å². The van der Waals surface area contributed by atoms with E-state index in [1.54, 1.807) is 49.4 Å². The standard InChI is InChI=1S/C18H16O4/c1-12(17(19)13-5-3-2-4-6-13)18(20)14-7-8-15-16(11-14)22-10-9-21-15/h2-8,11-12H,9-10H2,1H3. The Morgan fingerprint density at radius 3 is 2.23 bits per heavy atom. The van der Waals surface area contributed by atoms with E-state index < -0.39 is 5.92 Å². The fourth-order valence-electron chi connectivity index (χ4n) is 2.42. The van der Waals surface area contributed by atoms with Gasteiger partial charge in [-0.2, -0.15) is 0 Å². The van der Waals surface area contributed by atoms with Gasteiger partial charge in [0, 0.05) is 11.1 Å². The van der Waals surface area contributed by atoms with Crippen molar-refractivity contribution in [3.63, 3.8) is 0 Å². The van der Waals surface area contributed by atoms with E-state index in [-0.39, 0.29) is 11.6 Å². The van der Waals surface area contributed by atoms with E-state index in [0.29, 0.717) is 35.8 Å². The molecule has 0 saturated carbocycles. The first-order chi connectivity index (χ1) is 10.7. The summed E-state index contributed by atoms with van der Waals surface area (Å²) in [6.45, 7) is 2.60. The molecule has 112 valence electrons. The quantitative estimate of drug-likeness (QED) is 0.642. The van der Waals surface area contributed by atoms with Crippen molar-refractivity contribution in [2.45, 2.75) is 6.92 Å². The smallest absolute Gasteiger partial charge is 0.173 e. The summed E-state index contributed by atoms with van der Waals surface area (Å²) in [6, 6.07) is 13.9. The van der Waals surface area contributed by atoms with Gasteiger partial charge >= 0.3 is 0 Å². The van der Waals surface area contributed by atoms with Crippen LogP contribution in [0.2, 0.25) is 0 Å². The minimum absolute atomic E-state index is 0.180. The lowest BCUT2D eigenvalue weighted by molar-refractivity contribution is 0.0820. The molecule has 1 heterocycles. The van der Waals surface area contributed by atoms with Crippen LogP contribution in [0.4, 0.5) is 0 Å². The van der Waals surface area contributed by atoms with E-state index >= 15 is 0 Å². The zero-order chi connectivity index (χ0) is 15.5. The summed E-state index contributed by atoms with van der Waals surface area (Å²) in [5.41, 5.74) is 1.00. The van der Waals surface area contributed by atoms with E-state index in [0.717, 1.165) is 0 Å². The zero-order valence-corrected chi connectivity index (χ0v) is 12.2. The van der Waals surface area contributed by atoms with Crippen molar-refractivity contribution in [1.82, 2.24) is 0 Å². The molecular weight excluding hydrogens is 280 g/mol. The van der Waals surface area contributed by atoms with E-state index in [2.05, 4.69) is 0 Å². The van der Waals surface area contributed by atoms with Crippen LogP contribution in [0.5, 0.6) is 11.5 Å². The van der Waals surface area contributed by atoms with Crippen molar-refractivity contribution in [3.8, 4) is 11.5 Å². The Bertz CT molecular complexity index is 706. The van der Waals surface area contributed by atoms with Crippen molar-refractivity contribution >= 4 is 11.6 Å². The second-order valence-corrected chi connectivity index (χ2v) is 5.17. The van der Waals surface area contributed by atoms with Gasteiger partial charge in [0.05, 0.1) is 5.92 Å². The third-order valence-electron chi connectivity index (χ3n) is 3.67. The molecule has 0 saturated heterocycles. The molecule has 1 atom stereocenters. The Labute approximate surface area is 128 Å². The van der Waals surface area contributed by atoms with Gasteiger partial charge in [-0.15, -0.1) is 0 Å². The number of benzene rings is 2. The minimum atomic E-state index is -0.732. The lowest BCUT2D eigenvalue weighted by Crippen LogP contribution is -2.22. The number of hydrogen-bond donors (Lipinski definition) is 0. The van der Waals surface area contributed by atoms with Crippen LogP contribution in [-0.2, 0) is 0 Å². The number of ether oxygens (including phenoxy) is 2. The number of ketones is 2. The number of carbonyl (C=O) groups is 2. The molecule has 4 heteroatoms. The van der Waals surface area contributed by atoms with Crippen molar-refractivity contribution in [2.75, 3.05) is 13.2 Å². The molecule has 2 aromatic carbocycles. The molecule has 0 aromatic heterocycles. The summed E-state index contributed by atoms with van der Waals surface area (Å²) in [7, 11) is 0. The van der Waals surface area contributed by atoms with Gasteiger partial charge in [0.15, 0.2) is 23.1 Å². The minimum Gasteiger partial charge on any atom is -0.486 e. The van der Waals surface area contributed by atoms with Gasteiger partial charge in [0.25, 0.3) is 0 Å². The van der Waals surface area contributed by atoms with Crippen LogP contribution in [0.3, 0.4) is 0 Å². The Morgan fingerprint density at radius 2 is 1.50 bits per heavy atom. The first-order valence-corrected chi connectivity index (χ1v) is 7.20. The van der Waals surface area contributed by atoms with Crippen LogP contribution in [0.25, 0.3) is 0 Å². The Hall–Kier alpha value is -2.62. The fraction of sp³-hybridized carbons (Fsp3) is 0.222. The number of hydrogen-bond acceptors (Lipinski definition) is 4. The molecule has 0 amide bonds.